The summed E-state index contributed by atoms with van der Waals surface area (Å²) in [5.74, 6) is -1.15. The normalized spacial score (nSPS) is 10.4. The molecule has 21 heavy (non-hydrogen) atoms. The van der Waals surface area contributed by atoms with E-state index < -0.39 is 23.2 Å². The lowest BCUT2D eigenvalue weighted by Crippen LogP contribution is -2.16. The van der Waals surface area contributed by atoms with Gasteiger partial charge in [-0.25, -0.2) is 8.78 Å². The first-order valence-electron chi connectivity index (χ1n) is 6.43. The molecule has 0 saturated heterocycles. The molecule has 2 aromatic carbocycles. The number of nitrogens with one attached hydrogen (secondary N) is 1. The van der Waals surface area contributed by atoms with Crippen LogP contribution in [0.25, 0.3) is 0 Å². The number of amides is 1. The zero-order valence-electron chi connectivity index (χ0n) is 11.5. The summed E-state index contributed by atoms with van der Waals surface area (Å²) >= 11 is 1.39. The Morgan fingerprint density at radius 1 is 1.10 bits per heavy atom. The van der Waals surface area contributed by atoms with Crippen LogP contribution in [0.1, 0.15) is 11.1 Å². The molecule has 1 amide bonds. The summed E-state index contributed by atoms with van der Waals surface area (Å²) in [6, 6.07) is 11.5. The summed E-state index contributed by atoms with van der Waals surface area (Å²) < 4.78 is 26.7. The molecule has 0 radical (unpaired) electrons. The Labute approximate surface area is 126 Å². The fourth-order valence-corrected chi connectivity index (χ4v) is 2.53. The van der Waals surface area contributed by atoms with Gasteiger partial charge in [0, 0.05) is 5.75 Å². The van der Waals surface area contributed by atoms with Crippen molar-refractivity contribution in [2.45, 2.75) is 12.7 Å². The molecule has 0 aliphatic rings. The average Bonchev–Trinajstić information content (AvgIpc) is 2.45. The number of carbonyl (C=O) groups excluding carboxylic acids is 1. The molecule has 0 unspecified atom stereocenters. The average molecular weight is 307 g/mol. The Balaban J connectivity index is 1.84. The van der Waals surface area contributed by atoms with Crippen molar-refractivity contribution in [2.24, 2.45) is 0 Å². The van der Waals surface area contributed by atoms with Crippen molar-refractivity contribution < 1.29 is 13.6 Å². The van der Waals surface area contributed by atoms with E-state index in [1.807, 2.05) is 31.2 Å². The molecule has 5 heteroatoms. The maximum Gasteiger partial charge on any atom is 0.234 e. The number of para-hydroxylation sites is 1. The smallest absolute Gasteiger partial charge is 0.234 e. The van der Waals surface area contributed by atoms with Crippen LogP contribution in [-0.4, -0.2) is 11.7 Å². The van der Waals surface area contributed by atoms with Gasteiger partial charge in [0.1, 0.15) is 17.3 Å². The lowest BCUT2D eigenvalue weighted by atomic mass is 10.2. The van der Waals surface area contributed by atoms with Crippen molar-refractivity contribution >= 4 is 23.4 Å². The zero-order chi connectivity index (χ0) is 15.2. The summed E-state index contributed by atoms with van der Waals surface area (Å²) in [4.78, 5) is 11.7. The Hall–Kier alpha value is -1.88. The number of aryl methyl sites for hydroxylation is 1. The minimum Gasteiger partial charge on any atom is -0.320 e. The predicted octanol–water partition coefficient (Wildman–Crippen LogP) is 4.15. The van der Waals surface area contributed by atoms with E-state index in [0.717, 1.165) is 17.7 Å². The van der Waals surface area contributed by atoms with Crippen molar-refractivity contribution in [3.63, 3.8) is 0 Å². The number of rotatable bonds is 5. The molecule has 2 rings (SSSR count). The SMILES string of the molecule is Cc1ccc(CSCC(=O)Nc2c(F)cccc2F)cc1. The van der Waals surface area contributed by atoms with Crippen molar-refractivity contribution in [2.75, 3.05) is 11.1 Å². The number of thioether (sulfide) groups is 1. The van der Waals surface area contributed by atoms with Gasteiger partial charge in [-0.05, 0) is 24.6 Å². The molecular formula is C16H15F2NOS. The van der Waals surface area contributed by atoms with E-state index in [-0.39, 0.29) is 5.75 Å². The minimum atomic E-state index is -0.771. The second kappa shape index (κ2) is 7.22. The van der Waals surface area contributed by atoms with E-state index in [4.69, 9.17) is 0 Å². The number of carbonyl (C=O) groups is 1. The molecule has 1 N–H and O–H groups in total. The lowest BCUT2D eigenvalue weighted by Gasteiger charge is -2.07. The molecular weight excluding hydrogens is 292 g/mol. The topological polar surface area (TPSA) is 29.1 Å². The van der Waals surface area contributed by atoms with Crippen LogP contribution >= 0.6 is 11.8 Å². The molecule has 0 heterocycles. The monoisotopic (exact) mass is 307 g/mol. The highest BCUT2D eigenvalue weighted by atomic mass is 32.2. The lowest BCUT2D eigenvalue weighted by molar-refractivity contribution is -0.113. The van der Waals surface area contributed by atoms with E-state index >= 15 is 0 Å². The largest absolute Gasteiger partial charge is 0.320 e. The van der Waals surface area contributed by atoms with E-state index in [9.17, 15) is 13.6 Å². The minimum absolute atomic E-state index is 0.141. The number of hydrogen-bond acceptors (Lipinski definition) is 2. The summed E-state index contributed by atoms with van der Waals surface area (Å²) in [6.07, 6.45) is 0. The fraction of sp³-hybridized carbons (Fsp3) is 0.188. The molecule has 0 saturated carbocycles. The van der Waals surface area contributed by atoms with E-state index in [0.29, 0.717) is 5.75 Å². The van der Waals surface area contributed by atoms with E-state index in [2.05, 4.69) is 5.32 Å². The molecule has 2 aromatic rings. The first-order valence-corrected chi connectivity index (χ1v) is 7.59. The molecule has 0 spiro atoms. The summed E-state index contributed by atoms with van der Waals surface area (Å²) in [5, 5.41) is 2.26. The van der Waals surface area contributed by atoms with Gasteiger partial charge >= 0.3 is 0 Å². The van der Waals surface area contributed by atoms with Gasteiger partial charge in [0.15, 0.2) is 0 Å². The highest BCUT2D eigenvalue weighted by molar-refractivity contribution is 7.99. The third kappa shape index (κ3) is 4.56. The maximum absolute atomic E-state index is 13.4. The van der Waals surface area contributed by atoms with E-state index in [1.54, 1.807) is 0 Å². The standard InChI is InChI=1S/C16H15F2NOS/c1-11-5-7-12(8-6-11)9-21-10-15(20)19-16-13(17)3-2-4-14(16)18/h2-8H,9-10H2,1H3,(H,19,20). The molecule has 0 bridgehead atoms. The van der Waals surface area contributed by atoms with Crippen LogP contribution in [0.15, 0.2) is 42.5 Å². The van der Waals surface area contributed by atoms with Gasteiger partial charge in [0.25, 0.3) is 0 Å². The molecule has 2 nitrogen and oxygen atoms in total. The highest BCUT2D eigenvalue weighted by Crippen LogP contribution is 2.19. The van der Waals surface area contributed by atoms with Crippen molar-refractivity contribution in [1.82, 2.24) is 0 Å². The molecule has 0 aromatic heterocycles. The number of hydrogen-bond donors (Lipinski definition) is 1. The zero-order valence-corrected chi connectivity index (χ0v) is 12.3. The second-order valence-electron chi connectivity index (χ2n) is 4.62. The van der Waals surface area contributed by atoms with Crippen LogP contribution in [0.4, 0.5) is 14.5 Å². The van der Waals surface area contributed by atoms with Crippen LogP contribution in [0.5, 0.6) is 0 Å². The van der Waals surface area contributed by atoms with Gasteiger partial charge in [-0.15, -0.1) is 11.8 Å². The van der Waals surface area contributed by atoms with Gasteiger partial charge in [-0.1, -0.05) is 35.9 Å². The maximum atomic E-state index is 13.4. The Kier molecular flexibility index (Phi) is 5.33. The highest BCUT2D eigenvalue weighted by Gasteiger charge is 2.11. The van der Waals surface area contributed by atoms with Crippen LogP contribution in [0, 0.1) is 18.6 Å². The fourth-order valence-electron chi connectivity index (χ4n) is 1.74. The first kappa shape index (κ1) is 15.5. The van der Waals surface area contributed by atoms with Gasteiger partial charge in [0.2, 0.25) is 5.91 Å². The number of benzene rings is 2. The van der Waals surface area contributed by atoms with Gasteiger partial charge < -0.3 is 5.32 Å². The van der Waals surface area contributed by atoms with Crippen LogP contribution in [-0.2, 0) is 10.5 Å². The third-order valence-corrected chi connectivity index (χ3v) is 3.85. The predicted molar refractivity (Wildman–Crippen MR) is 82.3 cm³/mol. The Morgan fingerprint density at radius 3 is 2.33 bits per heavy atom. The Bertz CT molecular complexity index is 608. The summed E-state index contributed by atoms with van der Waals surface area (Å²) in [6.45, 7) is 2.01. The second-order valence-corrected chi connectivity index (χ2v) is 5.61. The number of anilines is 1. The quantitative estimate of drug-likeness (QED) is 0.899. The Morgan fingerprint density at radius 2 is 1.71 bits per heavy atom. The van der Waals surface area contributed by atoms with Crippen LogP contribution < -0.4 is 5.32 Å². The van der Waals surface area contributed by atoms with Crippen LogP contribution in [0.3, 0.4) is 0 Å². The first-order chi connectivity index (χ1) is 10.1. The third-order valence-electron chi connectivity index (χ3n) is 2.85. The molecule has 0 atom stereocenters. The van der Waals surface area contributed by atoms with Crippen molar-refractivity contribution in [3.8, 4) is 0 Å². The molecule has 0 aliphatic carbocycles. The van der Waals surface area contributed by atoms with Gasteiger partial charge in [-0.2, -0.15) is 0 Å². The summed E-state index contributed by atoms with van der Waals surface area (Å²) in [7, 11) is 0. The molecule has 0 aliphatic heterocycles. The molecule has 110 valence electrons. The van der Waals surface area contributed by atoms with Crippen molar-refractivity contribution in [1.29, 1.82) is 0 Å². The molecule has 0 fully saturated rings. The van der Waals surface area contributed by atoms with E-state index in [1.165, 1.54) is 23.4 Å². The van der Waals surface area contributed by atoms with Gasteiger partial charge in [-0.3, -0.25) is 4.79 Å². The number of halogens is 2. The van der Waals surface area contributed by atoms with Gasteiger partial charge in [0.05, 0.1) is 5.75 Å². The van der Waals surface area contributed by atoms with Crippen molar-refractivity contribution in [3.05, 3.63) is 65.2 Å². The van der Waals surface area contributed by atoms with Crippen LogP contribution in [0.2, 0.25) is 0 Å². The summed E-state index contributed by atoms with van der Waals surface area (Å²) in [5.41, 5.74) is 1.89.